The van der Waals surface area contributed by atoms with Gasteiger partial charge in [-0.1, -0.05) is 0 Å². The van der Waals surface area contributed by atoms with Crippen molar-refractivity contribution in [2.75, 3.05) is 6.54 Å². The largest absolute Gasteiger partial charge is 0.354 e. The van der Waals surface area contributed by atoms with E-state index in [2.05, 4.69) is 19.2 Å². The number of ether oxygens (including phenoxy) is 1. The molecule has 2 saturated carbocycles. The van der Waals surface area contributed by atoms with Crippen molar-refractivity contribution in [2.24, 2.45) is 5.41 Å². The third-order valence-corrected chi connectivity index (χ3v) is 4.28. The van der Waals surface area contributed by atoms with Gasteiger partial charge in [0.05, 0.1) is 5.60 Å². The van der Waals surface area contributed by atoms with E-state index in [4.69, 9.17) is 4.74 Å². The topological polar surface area (TPSA) is 21.3 Å². The molecule has 1 heterocycles. The fraction of sp³-hybridized carbons (Fsp3) is 1.00. The molecule has 1 N–H and O–H groups in total. The van der Waals surface area contributed by atoms with Crippen LogP contribution in [0.1, 0.15) is 46.0 Å². The van der Waals surface area contributed by atoms with Crippen molar-refractivity contribution in [2.45, 2.75) is 57.3 Å². The molecule has 2 heteroatoms. The smallest absolute Gasteiger partial charge is 0.114 e. The molecule has 0 amide bonds. The average molecular weight is 181 g/mol. The Morgan fingerprint density at radius 2 is 1.77 bits per heavy atom. The fourth-order valence-corrected chi connectivity index (χ4v) is 3.09. The van der Waals surface area contributed by atoms with E-state index in [1.54, 1.807) is 0 Å². The molecule has 0 unspecified atom stereocenters. The zero-order valence-corrected chi connectivity index (χ0v) is 8.65. The summed E-state index contributed by atoms with van der Waals surface area (Å²) in [7, 11) is 0. The van der Waals surface area contributed by atoms with Crippen LogP contribution in [0.15, 0.2) is 0 Å². The minimum absolute atomic E-state index is 0.0890. The van der Waals surface area contributed by atoms with Crippen LogP contribution in [-0.4, -0.2) is 17.9 Å². The van der Waals surface area contributed by atoms with Gasteiger partial charge < -0.3 is 4.74 Å². The third-order valence-electron chi connectivity index (χ3n) is 4.28. The average Bonchev–Trinajstić information content (AvgIpc) is 2.73. The third kappa shape index (κ3) is 0.962. The molecule has 2 spiro atoms. The highest BCUT2D eigenvalue weighted by Gasteiger charge is 2.66. The highest BCUT2D eigenvalue weighted by molar-refractivity contribution is 5.16. The maximum atomic E-state index is 6.26. The van der Waals surface area contributed by atoms with Gasteiger partial charge in [0, 0.05) is 12.0 Å². The van der Waals surface area contributed by atoms with Crippen LogP contribution < -0.4 is 5.32 Å². The van der Waals surface area contributed by atoms with Crippen molar-refractivity contribution in [1.29, 1.82) is 0 Å². The summed E-state index contributed by atoms with van der Waals surface area (Å²) >= 11 is 0. The molecule has 0 aromatic heterocycles. The number of hydrogen-bond acceptors (Lipinski definition) is 2. The zero-order chi connectivity index (χ0) is 9.16. The lowest BCUT2D eigenvalue weighted by molar-refractivity contribution is -0.252. The van der Waals surface area contributed by atoms with Crippen LogP contribution in [0.25, 0.3) is 0 Å². The summed E-state index contributed by atoms with van der Waals surface area (Å²) in [5.41, 5.74) is 0.733. The Kier molecular flexibility index (Phi) is 1.34. The van der Waals surface area contributed by atoms with E-state index in [-0.39, 0.29) is 11.3 Å². The van der Waals surface area contributed by atoms with Gasteiger partial charge in [-0.2, -0.15) is 0 Å². The van der Waals surface area contributed by atoms with Gasteiger partial charge in [0.25, 0.3) is 0 Å². The Morgan fingerprint density at radius 3 is 2.23 bits per heavy atom. The van der Waals surface area contributed by atoms with E-state index in [9.17, 15) is 0 Å². The molecule has 2 aliphatic carbocycles. The first-order chi connectivity index (χ1) is 6.08. The number of rotatable bonds is 0. The summed E-state index contributed by atoms with van der Waals surface area (Å²) in [6.45, 7) is 5.49. The number of nitrogens with one attached hydrogen (secondary N) is 1. The van der Waals surface area contributed by atoms with Gasteiger partial charge in [0.15, 0.2) is 0 Å². The Bertz CT molecular complexity index is 238. The monoisotopic (exact) mass is 181 g/mol. The predicted molar refractivity (Wildman–Crippen MR) is 51.4 cm³/mol. The van der Waals surface area contributed by atoms with Crippen LogP contribution in [0.4, 0.5) is 0 Å². The number of hydrogen-bond donors (Lipinski definition) is 1. The standard InChI is InChI=1S/C11H19NO/c1-9(2)12-8-10(6-7-10)11(13-9)4-3-5-11/h12H,3-8H2,1-2H3. The lowest BCUT2D eigenvalue weighted by atomic mass is 9.67. The highest BCUT2D eigenvalue weighted by Crippen LogP contribution is 2.64. The van der Waals surface area contributed by atoms with Crippen LogP contribution in [0, 0.1) is 5.41 Å². The SMILES string of the molecule is CC1(C)NCC2(CC2)C2(CCC2)O1. The predicted octanol–water partition coefficient (Wildman–Crippen LogP) is 2.05. The van der Waals surface area contributed by atoms with Crippen molar-refractivity contribution < 1.29 is 4.74 Å². The fourth-order valence-electron chi connectivity index (χ4n) is 3.09. The summed E-state index contributed by atoms with van der Waals surface area (Å²) in [6, 6.07) is 0. The minimum Gasteiger partial charge on any atom is -0.354 e. The molecular formula is C11H19NO. The van der Waals surface area contributed by atoms with Crippen LogP contribution in [0.5, 0.6) is 0 Å². The molecular weight excluding hydrogens is 162 g/mol. The van der Waals surface area contributed by atoms with Crippen LogP contribution in [-0.2, 0) is 4.74 Å². The normalized spacial score (nSPS) is 37.4. The minimum atomic E-state index is -0.0890. The molecule has 3 rings (SSSR count). The van der Waals surface area contributed by atoms with E-state index >= 15 is 0 Å². The molecule has 0 radical (unpaired) electrons. The Hall–Kier alpha value is -0.0800. The van der Waals surface area contributed by atoms with E-state index in [0.29, 0.717) is 5.41 Å². The maximum Gasteiger partial charge on any atom is 0.114 e. The lowest BCUT2D eigenvalue weighted by Crippen LogP contribution is -2.65. The van der Waals surface area contributed by atoms with E-state index in [1.807, 2.05) is 0 Å². The Balaban J connectivity index is 1.88. The molecule has 1 saturated heterocycles. The van der Waals surface area contributed by atoms with E-state index in [0.717, 1.165) is 0 Å². The van der Waals surface area contributed by atoms with Gasteiger partial charge >= 0.3 is 0 Å². The van der Waals surface area contributed by atoms with Crippen molar-refractivity contribution in [3.63, 3.8) is 0 Å². The Morgan fingerprint density at radius 1 is 1.08 bits per heavy atom. The molecule has 74 valence electrons. The molecule has 13 heavy (non-hydrogen) atoms. The summed E-state index contributed by atoms with van der Waals surface area (Å²) < 4.78 is 6.26. The second-order valence-corrected chi connectivity index (χ2v) is 5.59. The molecule has 1 aliphatic heterocycles. The van der Waals surface area contributed by atoms with E-state index in [1.165, 1.54) is 38.6 Å². The second-order valence-electron chi connectivity index (χ2n) is 5.59. The van der Waals surface area contributed by atoms with Gasteiger partial charge in [-0.05, 0) is 46.0 Å². The van der Waals surface area contributed by atoms with Crippen LogP contribution in [0.3, 0.4) is 0 Å². The van der Waals surface area contributed by atoms with E-state index < -0.39 is 0 Å². The summed E-state index contributed by atoms with van der Waals surface area (Å²) in [5.74, 6) is 0. The van der Waals surface area contributed by atoms with Gasteiger partial charge in [0.2, 0.25) is 0 Å². The lowest BCUT2D eigenvalue weighted by Gasteiger charge is -2.56. The molecule has 2 nitrogen and oxygen atoms in total. The quantitative estimate of drug-likeness (QED) is 0.617. The molecule has 0 aromatic carbocycles. The van der Waals surface area contributed by atoms with Gasteiger partial charge in [-0.25, -0.2) is 0 Å². The Labute approximate surface area is 80.0 Å². The first kappa shape index (κ1) is 8.25. The summed E-state index contributed by atoms with van der Waals surface area (Å²) in [4.78, 5) is 0. The molecule has 3 fully saturated rings. The highest BCUT2D eigenvalue weighted by atomic mass is 16.5. The molecule has 0 atom stereocenters. The van der Waals surface area contributed by atoms with Gasteiger partial charge in [-0.15, -0.1) is 0 Å². The summed E-state index contributed by atoms with van der Waals surface area (Å²) in [6.07, 6.45) is 6.75. The van der Waals surface area contributed by atoms with Crippen molar-refractivity contribution in [3.8, 4) is 0 Å². The molecule has 3 aliphatic rings. The van der Waals surface area contributed by atoms with Crippen molar-refractivity contribution in [3.05, 3.63) is 0 Å². The van der Waals surface area contributed by atoms with Crippen molar-refractivity contribution in [1.82, 2.24) is 5.32 Å². The second kappa shape index (κ2) is 2.12. The maximum absolute atomic E-state index is 6.26. The first-order valence-electron chi connectivity index (χ1n) is 5.53. The van der Waals surface area contributed by atoms with Crippen molar-refractivity contribution >= 4 is 0 Å². The molecule has 0 aromatic rings. The molecule has 0 bridgehead atoms. The van der Waals surface area contributed by atoms with Gasteiger partial charge in [0.1, 0.15) is 5.72 Å². The zero-order valence-electron chi connectivity index (χ0n) is 8.65. The first-order valence-corrected chi connectivity index (χ1v) is 5.53. The van der Waals surface area contributed by atoms with Crippen LogP contribution >= 0.6 is 0 Å². The number of fused-ring (bicyclic) bond motifs is 1. The summed E-state index contributed by atoms with van der Waals surface area (Å²) in [5, 5.41) is 3.51. The van der Waals surface area contributed by atoms with Crippen LogP contribution in [0.2, 0.25) is 0 Å². The van der Waals surface area contributed by atoms with Gasteiger partial charge in [-0.3, -0.25) is 5.32 Å².